The number of ketones is 1. The van der Waals surface area contributed by atoms with Gasteiger partial charge in [-0.15, -0.1) is 0 Å². The number of halogens is 1. The van der Waals surface area contributed by atoms with Crippen molar-refractivity contribution in [2.24, 2.45) is 0 Å². The lowest BCUT2D eigenvalue weighted by Gasteiger charge is -2.14. The molecule has 124 valence electrons. The van der Waals surface area contributed by atoms with Crippen molar-refractivity contribution in [2.75, 3.05) is 13.7 Å². The van der Waals surface area contributed by atoms with Gasteiger partial charge in [0.15, 0.2) is 24.0 Å². The molecule has 2 aromatic carbocycles. The monoisotopic (exact) mass is 328 g/mol. The Labute approximate surface area is 139 Å². The molecule has 0 heterocycles. The Balaban J connectivity index is 1.64. The smallest absolute Gasteiger partial charge is 0.317 e. The average molecular weight is 328 g/mol. The van der Waals surface area contributed by atoms with Gasteiger partial charge in [0.2, 0.25) is 0 Å². The molecule has 3 rings (SSSR count). The molecule has 0 radical (unpaired) electrons. The van der Waals surface area contributed by atoms with E-state index in [-0.39, 0.29) is 11.3 Å². The number of carbonyl (C=O) groups is 2. The predicted molar refractivity (Wildman–Crippen MR) is 85.6 cm³/mol. The largest absolute Gasteiger partial charge is 0.494 e. The lowest BCUT2D eigenvalue weighted by Crippen LogP contribution is -2.25. The van der Waals surface area contributed by atoms with Crippen LogP contribution in [0.2, 0.25) is 0 Å². The average Bonchev–Trinajstić information content (AvgIpc) is 3.42. The third-order valence-electron chi connectivity index (χ3n) is 4.28. The molecule has 0 spiro atoms. The van der Waals surface area contributed by atoms with Gasteiger partial charge in [0, 0.05) is 5.56 Å². The summed E-state index contributed by atoms with van der Waals surface area (Å²) in [5, 5.41) is 0. The van der Waals surface area contributed by atoms with E-state index in [0.29, 0.717) is 12.8 Å². The second-order valence-corrected chi connectivity index (χ2v) is 5.80. The van der Waals surface area contributed by atoms with E-state index in [9.17, 15) is 14.0 Å². The standard InChI is InChI=1S/C19H17FO4/c1-23-17-8-7-13(11-15(17)20)16(21)12-24-18(22)19(9-10-19)14-5-3-2-4-6-14/h2-8,11H,9-10,12H2,1H3. The fourth-order valence-corrected chi connectivity index (χ4v) is 2.69. The van der Waals surface area contributed by atoms with Crippen LogP contribution in [-0.2, 0) is 14.9 Å². The van der Waals surface area contributed by atoms with Gasteiger partial charge in [-0.2, -0.15) is 0 Å². The molecule has 0 saturated heterocycles. The van der Waals surface area contributed by atoms with Crippen molar-refractivity contribution in [3.05, 3.63) is 65.5 Å². The van der Waals surface area contributed by atoms with Crippen LogP contribution in [0.5, 0.6) is 5.75 Å². The second-order valence-electron chi connectivity index (χ2n) is 5.80. The van der Waals surface area contributed by atoms with E-state index in [0.717, 1.165) is 11.6 Å². The van der Waals surface area contributed by atoms with E-state index >= 15 is 0 Å². The van der Waals surface area contributed by atoms with Gasteiger partial charge < -0.3 is 9.47 Å². The maximum absolute atomic E-state index is 13.6. The molecule has 2 aromatic rings. The molecule has 4 nitrogen and oxygen atoms in total. The molecule has 1 fully saturated rings. The Morgan fingerprint density at radius 2 is 1.83 bits per heavy atom. The molecule has 0 unspecified atom stereocenters. The molecule has 0 N–H and O–H groups in total. The Hall–Kier alpha value is -2.69. The molecular weight excluding hydrogens is 311 g/mol. The Morgan fingerprint density at radius 3 is 2.42 bits per heavy atom. The summed E-state index contributed by atoms with van der Waals surface area (Å²) in [6.45, 7) is -0.404. The van der Waals surface area contributed by atoms with Crippen LogP contribution in [0.25, 0.3) is 0 Å². The lowest BCUT2D eigenvalue weighted by atomic mass is 9.96. The molecule has 0 atom stereocenters. The van der Waals surface area contributed by atoms with Crippen molar-refractivity contribution in [2.45, 2.75) is 18.3 Å². The van der Waals surface area contributed by atoms with Crippen LogP contribution >= 0.6 is 0 Å². The fourth-order valence-electron chi connectivity index (χ4n) is 2.69. The highest BCUT2D eigenvalue weighted by molar-refractivity contribution is 5.99. The van der Waals surface area contributed by atoms with E-state index < -0.39 is 29.6 Å². The summed E-state index contributed by atoms with van der Waals surface area (Å²) in [5.74, 6) is -1.42. The van der Waals surface area contributed by atoms with Gasteiger partial charge in [-0.05, 0) is 36.6 Å². The molecule has 24 heavy (non-hydrogen) atoms. The highest BCUT2D eigenvalue weighted by Crippen LogP contribution is 2.49. The molecule has 1 aliphatic carbocycles. The summed E-state index contributed by atoms with van der Waals surface area (Å²) in [5.41, 5.74) is 0.413. The van der Waals surface area contributed by atoms with Crippen molar-refractivity contribution in [1.82, 2.24) is 0 Å². The Bertz CT molecular complexity index is 766. The van der Waals surface area contributed by atoms with Crippen LogP contribution in [0, 0.1) is 5.82 Å². The number of carbonyl (C=O) groups excluding carboxylic acids is 2. The van der Waals surface area contributed by atoms with E-state index in [1.54, 1.807) is 0 Å². The topological polar surface area (TPSA) is 52.6 Å². The maximum atomic E-state index is 13.6. The summed E-state index contributed by atoms with van der Waals surface area (Å²) in [4.78, 5) is 24.5. The number of rotatable bonds is 6. The number of ether oxygens (including phenoxy) is 2. The second kappa shape index (κ2) is 6.43. The molecule has 1 saturated carbocycles. The van der Waals surface area contributed by atoms with Crippen LogP contribution in [0.15, 0.2) is 48.5 Å². The third kappa shape index (κ3) is 3.02. The minimum absolute atomic E-state index is 0.0598. The number of esters is 1. The highest BCUT2D eigenvalue weighted by Gasteiger charge is 2.52. The summed E-state index contributed by atoms with van der Waals surface area (Å²) < 4.78 is 23.6. The van der Waals surface area contributed by atoms with Crippen LogP contribution in [0.4, 0.5) is 4.39 Å². The number of hydrogen-bond donors (Lipinski definition) is 0. The lowest BCUT2D eigenvalue weighted by molar-refractivity contribution is -0.145. The summed E-state index contributed by atoms with van der Waals surface area (Å²) in [6, 6.07) is 13.3. The molecule has 5 heteroatoms. The summed E-state index contributed by atoms with van der Waals surface area (Å²) >= 11 is 0. The van der Waals surface area contributed by atoms with Crippen molar-refractivity contribution in [3.63, 3.8) is 0 Å². The van der Waals surface area contributed by atoms with Crippen molar-refractivity contribution >= 4 is 11.8 Å². The van der Waals surface area contributed by atoms with Crippen molar-refractivity contribution in [1.29, 1.82) is 0 Å². The molecule has 0 aromatic heterocycles. The zero-order chi connectivity index (χ0) is 17.2. The van der Waals surface area contributed by atoms with Crippen LogP contribution in [0.1, 0.15) is 28.8 Å². The molecular formula is C19H17FO4. The van der Waals surface area contributed by atoms with E-state index in [2.05, 4.69) is 0 Å². The zero-order valence-corrected chi connectivity index (χ0v) is 13.3. The summed E-state index contributed by atoms with van der Waals surface area (Å²) in [7, 11) is 1.35. The van der Waals surface area contributed by atoms with Crippen LogP contribution < -0.4 is 4.74 Å². The minimum atomic E-state index is -0.632. The van der Waals surface area contributed by atoms with Crippen LogP contribution in [0.3, 0.4) is 0 Å². The first-order valence-corrected chi connectivity index (χ1v) is 7.66. The van der Waals surface area contributed by atoms with E-state index in [1.165, 1.54) is 19.2 Å². The number of methoxy groups -OCH3 is 1. The normalized spacial score (nSPS) is 14.8. The molecule has 0 aliphatic heterocycles. The van der Waals surface area contributed by atoms with Crippen LogP contribution in [-0.4, -0.2) is 25.5 Å². The zero-order valence-electron chi connectivity index (χ0n) is 13.3. The van der Waals surface area contributed by atoms with Gasteiger partial charge in [0.1, 0.15) is 0 Å². The third-order valence-corrected chi connectivity index (χ3v) is 4.28. The van der Waals surface area contributed by atoms with Gasteiger partial charge in [-0.1, -0.05) is 30.3 Å². The maximum Gasteiger partial charge on any atom is 0.317 e. The first-order chi connectivity index (χ1) is 11.6. The van der Waals surface area contributed by atoms with Crippen molar-refractivity contribution in [3.8, 4) is 5.75 Å². The number of Topliss-reactive ketones (excluding diaryl/α,β-unsaturated/α-hetero) is 1. The first kappa shape index (κ1) is 16.2. The van der Waals surface area contributed by atoms with Gasteiger partial charge in [-0.25, -0.2) is 4.39 Å². The molecule has 0 amide bonds. The highest BCUT2D eigenvalue weighted by atomic mass is 19.1. The quantitative estimate of drug-likeness (QED) is 0.603. The van der Waals surface area contributed by atoms with Gasteiger partial charge in [0.05, 0.1) is 12.5 Å². The SMILES string of the molecule is COc1ccc(C(=O)COC(=O)C2(c3ccccc3)CC2)cc1F. The fraction of sp³-hybridized carbons (Fsp3) is 0.263. The number of benzene rings is 2. The van der Waals surface area contributed by atoms with Gasteiger partial charge in [0.25, 0.3) is 0 Å². The van der Waals surface area contributed by atoms with Crippen molar-refractivity contribution < 1.29 is 23.5 Å². The van der Waals surface area contributed by atoms with E-state index in [4.69, 9.17) is 9.47 Å². The first-order valence-electron chi connectivity index (χ1n) is 7.66. The molecule has 1 aliphatic rings. The van der Waals surface area contributed by atoms with E-state index in [1.807, 2.05) is 30.3 Å². The van der Waals surface area contributed by atoms with Gasteiger partial charge in [-0.3, -0.25) is 9.59 Å². The Kier molecular flexibility index (Phi) is 4.34. The predicted octanol–water partition coefficient (Wildman–Crippen LogP) is 3.29. The minimum Gasteiger partial charge on any atom is -0.494 e. The van der Waals surface area contributed by atoms with Gasteiger partial charge >= 0.3 is 5.97 Å². The summed E-state index contributed by atoms with van der Waals surface area (Å²) in [6.07, 6.45) is 1.42. The number of hydrogen-bond acceptors (Lipinski definition) is 4. The Morgan fingerprint density at radius 1 is 1.12 bits per heavy atom. The molecule has 0 bridgehead atoms.